The van der Waals surface area contributed by atoms with E-state index < -0.39 is 0 Å². The van der Waals surface area contributed by atoms with Gasteiger partial charge in [-0.2, -0.15) is 0 Å². The molecule has 2 N–H and O–H groups in total. The highest BCUT2D eigenvalue weighted by atomic mass is 79.9. The average molecular weight is 387 g/mol. The number of thioether (sulfide) groups is 1. The van der Waals surface area contributed by atoms with Crippen LogP contribution in [0.5, 0.6) is 11.5 Å². The first kappa shape index (κ1) is 14.9. The summed E-state index contributed by atoms with van der Waals surface area (Å²) >= 11 is 11.4. The molecule has 0 amide bonds. The molecule has 21 heavy (non-hydrogen) atoms. The Morgan fingerprint density at radius 2 is 1.86 bits per heavy atom. The summed E-state index contributed by atoms with van der Waals surface area (Å²) < 4.78 is 12.2. The van der Waals surface area contributed by atoms with E-state index in [1.807, 2.05) is 24.3 Å². The summed E-state index contributed by atoms with van der Waals surface area (Å²) in [5, 5.41) is 0.711. The third-order valence-corrected chi connectivity index (χ3v) is 5.33. The zero-order chi connectivity index (χ0) is 14.8. The summed E-state index contributed by atoms with van der Waals surface area (Å²) in [6, 6.07) is 9.46. The van der Waals surface area contributed by atoms with Crippen LogP contribution in [0.3, 0.4) is 0 Å². The van der Waals surface area contributed by atoms with Gasteiger partial charge in [0.05, 0.1) is 5.02 Å². The van der Waals surface area contributed by atoms with E-state index in [0.717, 1.165) is 32.2 Å². The molecule has 1 aliphatic heterocycles. The summed E-state index contributed by atoms with van der Waals surface area (Å²) in [5.74, 6) is 2.34. The summed E-state index contributed by atoms with van der Waals surface area (Å²) in [5.41, 5.74) is 7.64. The van der Waals surface area contributed by atoms with Crippen LogP contribution in [-0.2, 0) is 5.75 Å². The molecule has 0 bridgehead atoms. The molecule has 6 heteroatoms. The van der Waals surface area contributed by atoms with Gasteiger partial charge in [-0.3, -0.25) is 0 Å². The molecule has 0 atom stereocenters. The van der Waals surface area contributed by atoms with Gasteiger partial charge in [-0.1, -0.05) is 27.5 Å². The minimum atomic E-state index is 0.586. The minimum absolute atomic E-state index is 0.586. The molecule has 1 aliphatic rings. The molecule has 0 aromatic heterocycles. The third-order valence-electron chi connectivity index (χ3n) is 3.05. The number of nitrogen functional groups attached to an aromatic ring is 1. The van der Waals surface area contributed by atoms with E-state index in [2.05, 4.69) is 15.9 Å². The van der Waals surface area contributed by atoms with Crippen LogP contribution in [0.25, 0.3) is 0 Å². The van der Waals surface area contributed by atoms with Crippen LogP contribution >= 0.6 is 39.3 Å². The molecule has 1 heterocycles. The first-order valence-electron chi connectivity index (χ1n) is 6.39. The molecule has 110 valence electrons. The molecule has 2 aromatic rings. The van der Waals surface area contributed by atoms with Gasteiger partial charge >= 0.3 is 0 Å². The Hall–Kier alpha value is -1.04. The SMILES string of the molecule is Nc1ccc(Cl)c(SCc2cc3c(cc2Br)OCCO3)c1. The van der Waals surface area contributed by atoms with Crippen molar-refractivity contribution in [1.29, 1.82) is 0 Å². The molecule has 0 saturated heterocycles. The van der Waals surface area contributed by atoms with Crippen molar-refractivity contribution in [2.45, 2.75) is 10.6 Å². The van der Waals surface area contributed by atoms with Crippen molar-refractivity contribution in [1.82, 2.24) is 0 Å². The molecular formula is C15H13BrClNO2S. The number of hydrogen-bond donors (Lipinski definition) is 1. The standard InChI is InChI=1S/C15H13BrClNO2S/c16-11-7-14-13(19-3-4-20-14)5-9(11)8-21-15-6-10(18)1-2-12(15)17/h1-2,5-7H,3-4,8,18H2. The Kier molecular flexibility index (Phi) is 4.52. The lowest BCUT2D eigenvalue weighted by Gasteiger charge is -2.20. The maximum Gasteiger partial charge on any atom is 0.162 e. The quantitative estimate of drug-likeness (QED) is 0.611. The Balaban J connectivity index is 1.80. The van der Waals surface area contributed by atoms with Crippen molar-refractivity contribution in [2.24, 2.45) is 0 Å². The number of benzene rings is 2. The van der Waals surface area contributed by atoms with Crippen LogP contribution in [0.2, 0.25) is 5.02 Å². The second kappa shape index (κ2) is 6.38. The number of nitrogens with two attached hydrogens (primary N) is 1. The fourth-order valence-electron chi connectivity index (χ4n) is 2.00. The lowest BCUT2D eigenvalue weighted by molar-refractivity contribution is 0.171. The van der Waals surface area contributed by atoms with E-state index in [1.165, 1.54) is 0 Å². The van der Waals surface area contributed by atoms with Crippen molar-refractivity contribution in [3.05, 3.63) is 45.4 Å². The predicted octanol–water partition coefficient (Wildman–Crippen LogP) is 4.75. The topological polar surface area (TPSA) is 44.5 Å². The van der Waals surface area contributed by atoms with E-state index in [-0.39, 0.29) is 0 Å². The number of ether oxygens (including phenoxy) is 2. The fourth-order valence-corrected chi connectivity index (χ4v) is 3.91. The lowest BCUT2D eigenvalue weighted by atomic mass is 10.2. The van der Waals surface area contributed by atoms with Crippen LogP contribution in [-0.4, -0.2) is 13.2 Å². The van der Waals surface area contributed by atoms with Crippen LogP contribution in [0.1, 0.15) is 5.56 Å². The van der Waals surface area contributed by atoms with Crippen molar-refractivity contribution in [3.63, 3.8) is 0 Å². The molecule has 0 fully saturated rings. The maximum atomic E-state index is 6.18. The Bertz CT molecular complexity index is 681. The number of fused-ring (bicyclic) bond motifs is 1. The molecule has 3 nitrogen and oxygen atoms in total. The average Bonchev–Trinajstić information content (AvgIpc) is 2.48. The van der Waals surface area contributed by atoms with Gasteiger partial charge in [0.1, 0.15) is 13.2 Å². The van der Waals surface area contributed by atoms with Gasteiger partial charge in [0.2, 0.25) is 0 Å². The van der Waals surface area contributed by atoms with Gasteiger partial charge < -0.3 is 15.2 Å². The van der Waals surface area contributed by atoms with Gasteiger partial charge in [0, 0.05) is 20.8 Å². The molecule has 0 radical (unpaired) electrons. The molecule has 0 spiro atoms. The molecule has 0 aliphatic carbocycles. The van der Waals surface area contributed by atoms with E-state index in [1.54, 1.807) is 17.8 Å². The Morgan fingerprint density at radius 1 is 1.14 bits per heavy atom. The largest absolute Gasteiger partial charge is 0.486 e. The molecule has 2 aromatic carbocycles. The van der Waals surface area contributed by atoms with Gasteiger partial charge in [-0.25, -0.2) is 0 Å². The lowest BCUT2D eigenvalue weighted by Crippen LogP contribution is -2.15. The highest BCUT2D eigenvalue weighted by Crippen LogP contribution is 2.39. The van der Waals surface area contributed by atoms with E-state index in [9.17, 15) is 0 Å². The monoisotopic (exact) mass is 385 g/mol. The first-order valence-corrected chi connectivity index (χ1v) is 8.55. The number of anilines is 1. The van der Waals surface area contributed by atoms with E-state index in [4.69, 9.17) is 26.8 Å². The van der Waals surface area contributed by atoms with E-state index >= 15 is 0 Å². The van der Waals surface area contributed by atoms with Gasteiger partial charge in [-0.15, -0.1) is 11.8 Å². The normalized spacial score (nSPS) is 13.2. The minimum Gasteiger partial charge on any atom is -0.486 e. The predicted molar refractivity (Wildman–Crippen MR) is 90.6 cm³/mol. The molecular weight excluding hydrogens is 374 g/mol. The molecule has 3 rings (SSSR count). The van der Waals surface area contributed by atoms with Crippen LogP contribution < -0.4 is 15.2 Å². The number of halogens is 2. The Morgan fingerprint density at radius 3 is 2.62 bits per heavy atom. The van der Waals surface area contributed by atoms with Crippen molar-refractivity contribution in [3.8, 4) is 11.5 Å². The van der Waals surface area contributed by atoms with Crippen LogP contribution in [0.15, 0.2) is 39.7 Å². The van der Waals surface area contributed by atoms with Crippen molar-refractivity contribution >= 4 is 45.0 Å². The van der Waals surface area contributed by atoms with Crippen molar-refractivity contribution in [2.75, 3.05) is 18.9 Å². The Labute approximate surface area is 140 Å². The van der Waals surface area contributed by atoms with Gasteiger partial charge in [-0.05, 0) is 35.9 Å². The second-order valence-electron chi connectivity index (χ2n) is 4.57. The van der Waals surface area contributed by atoms with Gasteiger partial charge in [0.25, 0.3) is 0 Å². The van der Waals surface area contributed by atoms with E-state index in [0.29, 0.717) is 23.9 Å². The van der Waals surface area contributed by atoms with Crippen LogP contribution in [0.4, 0.5) is 5.69 Å². The first-order chi connectivity index (χ1) is 10.1. The summed E-state index contributed by atoms with van der Waals surface area (Å²) in [6.07, 6.45) is 0. The zero-order valence-electron chi connectivity index (χ0n) is 11.1. The van der Waals surface area contributed by atoms with Crippen LogP contribution in [0, 0.1) is 0 Å². The number of hydrogen-bond acceptors (Lipinski definition) is 4. The highest BCUT2D eigenvalue weighted by molar-refractivity contribution is 9.10. The molecule has 0 saturated carbocycles. The smallest absolute Gasteiger partial charge is 0.162 e. The zero-order valence-corrected chi connectivity index (χ0v) is 14.2. The highest BCUT2D eigenvalue weighted by Gasteiger charge is 2.15. The number of rotatable bonds is 3. The summed E-state index contributed by atoms with van der Waals surface area (Å²) in [7, 11) is 0. The summed E-state index contributed by atoms with van der Waals surface area (Å²) in [6.45, 7) is 1.18. The maximum absolute atomic E-state index is 6.18. The summed E-state index contributed by atoms with van der Waals surface area (Å²) in [4.78, 5) is 0.971. The molecule has 0 unspecified atom stereocenters. The van der Waals surface area contributed by atoms with Crippen molar-refractivity contribution < 1.29 is 9.47 Å². The third kappa shape index (κ3) is 3.42. The van der Waals surface area contributed by atoms with Gasteiger partial charge in [0.15, 0.2) is 11.5 Å². The second-order valence-corrected chi connectivity index (χ2v) is 6.84. The fraction of sp³-hybridized carbons (Fsp3) is 0.200.